The minimum Gasteiger partial charge on any atom is -0.493 e. The minimum atomic E-state index is -0.152. The highest BCUT2D eigenvalue weighted by Gasteiger charge is 2.21. The second-order valence-electron chi connectivity index (χ2n) is 3.47. The summed E-state index contributed by atoms with van der Waals surface area (Å²) in [5, 5.41) is 0. The summed E-state index contributed by atoms with van der Waals surface area (Å²) < 4.78 is 24.2. The second kappa shape index (κ2) is 3.48. The third-order valence-corrected chi connectivity index (χ3v) is 2.49. The van der Waals surface area contributed by atoms with Gasteiger partial charge in [-0.25, -0.2) is 4.39 Å². The molecule has 2 rings (SSSR count). The fourth-order valence-electron chi connectivity index (χ4n) is 1.77. The van der Waals surface area contributed by atoms with Crippen molar-refractivity contribution in [1.29, 1.82) is 0 Å². The first kappa shape index (κ1) is 9.31. The molecule has 0 fully saturated rings. The molecule has 0 saturated heterocycles. The summed E-state index contributed by atoms with van der Waals surface area (Å²) in [5.41, 5.74) is 1.28. The Kier molecular flexibility index (Phi) is 2.32. The predicted molar refractivity (Wildman–Crippen MR) is 51.5 cm³/mol. The van der Waals surface area contributed by atoms with Crippen LogP contribution in [-0.2, 0) is 6.42 Å². The highest BCUT2D eigenvalue weighted by molar-refractivity contribution is 5.51. The lowest BCUT2D eigenvalue weighted by atomic mass is 10.0. The van der Waals surface area contributed by atoms with Crippen LogP contribution < -0.4 is 9.47 Å². The van der Waals surface area contributed by atoms with Crippen molar-refractivity contribution in [2.75, 3.05) is 13.7 Å². The SMILES string of the molecule is COc1cc(C)c(F)c2c1OCCC2. The van der Waals surface area contributed by atoms with E-state index in [2.05, 4.69) is 0 Å². The molecule has 14 heavy (non-hydrogen) atoms. The van der Waals surface area contributed by atoms with Gasteiger partial charge >= 0.3 is 0 Å². The third kappa shape index (κ3) is 1.33. The summed E-state index contributed by atoms with van der Waals surface area (Å²) in [4.78, 5) is 0. The van der Waals surface area contributed by atoms with E-state index < -0.39 is 0 Å². The molecule has 0 amide bonds. The zero-order valence-corrected chi connectivity index (χ0v) is 8.39. The van der Waals surface area contributed by atoms with E-state index >= 15 is 0 Å². The van der Waals surface area contributed by atoms with E-state index in [-0.39, 0.29) is 5.82 Å². The monoisotopic (exact) mass is 196 g/mol. The molecule has 3 heteroatoms. The van der Waals surface area contributed by atoms with Gasteiger partial charge in [0.05, 0.1) is 13.7 Å². The molecule has 0 radical (unpaired) electrons. The lowest BCUT2D eigenvalue weighted by Gasteiger charge is -2.21. The fourth-order valence-corrected chi connectivity index (χ4v) is 1.77. The van der Waals surface area contributed by atoms with Gasteiger partial charge in [0, 0.05) is 5.56 Å². The molecule has 1 aliphatic heterocycles. The largest absolute Gasteiger partial charge is 0.493 e. The Hall–Kier alpha value is -1.25. The Morgan fingerprint density at radius 2 is 2.29 bits per heavy atom. The Morgan fingerprint density at radius 3 is 3.00 bits per heavy atom. The van der Waals surface area contributed by atoms with Gasteiger partial charge in [0.2, 0.25) is 0 Å². The smallest absolute Gasteiger partial charge is 0.167 e. The van der Waals surface area contributed by atoms with Crippen molar-refractivity contribution < 1.29 is 13.9 Å². The summed E-state index contributed by atoms with van der Waals surface area (Å²) in [6.07, 6.45) is 1.61. The normalized spacial score (nSPS) is 14.5. The highest BCUT2D eigenvalue weighted by Crippen LogP contribution is 2.37. The number of hydrogen-bond acceptors (Lipinski definition) is 2. The van der Waals surface area contributed by atoms with Crippen LogP contribution in [0.1, 0.15) is 17.5 Å². The first-order valence-electron chi connectivity index (χ1n) is 4.73. The van der Waals surface area contributed by atoms with E-state index in [1.165, 1.54) is 0 Å². The van der Waals surface area contributed by atoms with Crippen molar-refractivity contribution in [2.45, 2.75) is 19.8 Å². The molecule has 0 aliphatic carbocycles. The molecule has 0 saturated carbocycles. The van der Waals surface area contributed by atoms with Crippen molar-refractivity contribution in [3.05, 3.63) is 23.0 Å². The molecule has 0 spiro atoms. The first-order chi connectivity index (χ1) is 6.74. The number of methoxy groups -OCH3 is 1. The lowest BCUT2D eigenvalue weighted by molar-refractivity contribution is 0.264. The van der Waals surface area contributed by atoms with Gasteiger partial charge in [0.1, 0.15) is 5.82 Å². The molecule has 0 aromatic heterocycles. The zero-order valence-electron chi connectivity index (χ0n) is 8.39. The number of aryl methyl sites for hydroxylation is 1. The van der Waals surface area contributed by atoms with E-state index in [1.807, 2.05) is 0 Å². The van der Waals surface area contributed by atoms with Crippen LogP contribution in [0.3, 0.4) is 0 Å². The fraction of sp³-hybridized carbons (Fsp3) is 0.455. The van der Waals surface area contributed by atoms with Crippen molar-refractivity contribution in [3.63, 3.8) is 0 Å². The zero-order chi connectivity index (χ0) is 10.1. The van der Waals surface area contributed by atoms with Crippen LogP contribution in [0.2, 0.25) is 0 Å². The molecule has 0 N–H and O–H groups in total. The number of rotatable bonds is 1. The number of hydrogen-bond donors (Lipinski definition) is 0. The number of ether oxygens (including phenoxy) is 2. The van der Waals surface area contributed by atoms with Gasteiger partial charge in [-0.1, -0.05) is 0 Å². The summed E-state index contributed by atoms with van der Waals surface area (Å²) in [6, 6.07) is 1.68. The van der Waals surface area contributed by atoms with Gasteiger partial charge in [0.15, 0.2) is 11.5 Å². The van der Waals surface area contributed by atoms with Gasteiger partial charge in [-0.05, 0) is 31.4 Å². The van der Waals surface area contributed by atoms with E-state index in [0.29, 0.717) is 29.2 Å². The Bertz CT molecular complexity index is 361. The third-order valence-electron chi connectivity index (χ3n) is 2.49. The van der Waals surface area contributed by atoms with E-state index in [4.69, 9.17) is 9.47 Å². The molecule has 2 nitrogen and oxygen atoms in total. The van der Waals surface area contributed by atoms with Gasteiger partial charge in [0.25, 0.3) is 0 Å². The molecule has 0 atom stereocenters. The first-order valence-corrected chi connectivity index (χ1v) is 4.73. The standard InChI is InChI=1S/C11H13FO2/c1-7-6-9(13-2)11-8(10(7)12)4-3-5-14-11/h6H,3-5H2,1-2H3. The summed E-state index contributed by atoms with van der Waals surface area (Å²) in [7, 11) is 1.57. The van der Waals surface area contributed by atoms with Crippen LogP contribution in [0.4, 0.5) is 4.39 Å². The van der Waals surface area contributed by atoms with Crippen molar-refractivity contribution in [2.24, 2.45) is 0 Å². The van der Waals surface area contributed by atoms with Crippen LogP contribution in [0.15, 0.2) is 6.07 Å². The number of benzene rings is 1. The van der Waals surface area contributed by atoms with E-state index in [0.717, 1.165) is 12.8 Å². The topological polar surface area (TPSA) is 18.5 Å². The molecule has 1 aromatic carbocycles. The van der Waals surface area contributed by atoms with E-state index in [9.17, 15) is 4.39 Å². The molecule has 1 aromatic rings. The maximum Gasteiger partial charge on any atom is 0.167 e. The van der Waals surface area contributed by atoms with Gasteiger partial charge < -0.3 is 9.47 Å². The second-order valence-corrected chi connectivity index (χ2v) is 3.47. The van der Waals surface area contributed by atoms with Crippen molar-refractivity contribution >= 4 is 0 Å². The maximum atomic E-state index is 13.7. The summed E-state index contributed by atoms with van der Waals surface area (Å²) in [5.74, 6) is 1.07. The maximum absolute atomic E-state index is 13.7. The number of fused-ring (bicyclic) bond motifs is 1. The summed E-state index contributed by atoms with van der Waals surface area (Å²) >= 11 is 0. The van der Waals surface area contributed by atoms with Crippen LogP contribution in [0, 0.1) is 12.7 Å². The van der Waals surface area contributed by atoms with Gasteiger partial charge in [-0.3, -0.25) is 0 Å². The van der Waals surface area contributed by atoms with Crippen LogP contribution >= 0.6 is 0 Å². The van der Waals surface area contributed by atoms with Crippen molar-refractivity contribution in [3.8, 4) is 11.5 Å². The Labute approximate surface area is 82.6 Å². The summed E-state index contributed by atoms with van der Waals surface area (Å²) in [6.45, 7) is 2.39. The molecule has 76 valence electrons. The van der Waals surface area contributed by atoms with E-state index in [1.54, 1.807) is 20.1 Å². The number of halogens is 1. The minimum absolute atomic E-state index is 0.152. The van der Waals surface area contributed by atoms with Gasteiger partial charge in [-0.2, -0.15) is 0 Å². The quantitative estimate of drug-likeness (QED) is 0.687. The molecule has 1 aliphatic rings. The van der Waals surface area contributed by atoms with Crippen molar-refractivity contribution in [1.82, 2.24) is 0 Å². The average Bonchev–Trinajstić information content (AvgIpc) is 2.23. The average molecular weight is 196 g/mol. The van der Waals surface area contributed by atoms with Crippen LogP contribution in [0.5, 0.6) is 11.5 Å². The molecule has 1 heterocycles. The molecule has 0 unspecified atom stereocenters. The molecule has 0 bridgehead atoms. The highest BCUT2D eigenvalue weighted by atomic mass is 19.1. The Balaban J connectivity index is 2.60. The van der Waals surface area contributed by atoms with Crippen LogP contribution in [0.25, 0.3) is 0 Å². The molecular weight excluding hydrogens is 183 g/mol. The Morgan fingerprint density at radius 1 is 1.50 bits per heavy atom. The predicted octanol–water partition coefficient (Wildman–Crippen LogP) is 2.47. The van der Waals surface area contributed by atoms with Crippen LogP contribution in [-0.4, -0.2) is 13.7 Å². The van der Waals surface area contributed by atoms with Gasteiger partial charge in [-0.15, -0.1) is 0 Å². The lowest BCUT2D eigenvalue weighted by Crippen LogP contribution is -2.12. The molecular formula is C11H13FO2.